The molecule has 3 aromatic rings. The molecular formula is C27H27NO3. The van der Waals surface area contributed by atoms with E-state index in [0.29, 0.717) is 18.7 Å². The van der Waals surface area contributed by atoms with Crippen LogP contribution in [0.15, 0.2) is 78.9 Å². The molecule has 0 radical (unpaired) electrons. The minimum absolute atomic E-state index is 0.0798. The maximum atomic E-state index is 12.5. The summed E-state index contributed by atoms with van der Waals surface area (Å²) in [6.45, 7) is 5.14. The van der Waals surface area contributed by atoms with Crippen molar-refractivity contribution in [1.82, 2.24) is 5.32 Å². The van der Waals surface area contributed by atoms with E-state index in [-0.39, 0.29) is 11.5 Å². The van der Waals surface area contributed by atoms with Crippen molar-refractivity contribution in [3.05, 3.63) is 101 Å². The van der Waals surface area contributed by atoms with E-state index in [1.807, 2.05) is 98.8 Å². The first-order valence-electron chi connectivity index (χ1n) is 10.5. The summed E-state index contributed by atoms with van der Waals surface area (Å²) in [5, 5.41) is 3.00. The SMILES string of the molecule is CC1(C)C=Cc2cc(C(=O)NCCc3ccc(OCc4ccccc4)cc3)ccc2O1. The number of hydrogen-bond acceptors (Lipinski definition) is 3. The van der Waals surface area contributed by atoms with Gasteiger partial charge in [0.05, 0.1) is 0 Å². The van der Waals surface area contributed by atoms with Crippen LogP contribution in [0.4, 0.5) is 0 Å². The quantitative estimate of drug-likeness (QED) is 0.562. The lowest BCUT2D eigenvalue weighted by Gasteiger charge is -2.27. The Balaban J connectivity index is 1.26. The van der Waals surface area contributed by atoms with Crippen molar-refractivity contribution in [3.8, 4) is 11.5 Å². The van der Waals surface area contributed by atoms with Gasteiger partial charge in [-0.2, -0.15) is 0 Å². The van der Waals surface area contributed by atoms with Crippen molar-refractivity contribution in [1.29, 1.82) is 0 Å². The first kappa shape index (κ1) is 20.7. The summed E-state index contributed by atoms with van der Waals surface area (Å²) in [4.78, 5) is 12.5. The van der Waals surface area contributed by atoms with Crippen molar-refractivity contribution < 1.29 is 14.3 Å². The smallest absolute Gasteiger partial charge is 0.251 e. The van der Waals surface area contributed by atoms with Gasteiger partial charge < -0.3 is 14.8 Å². The number of amides is 1. The Morgan fingerprint density at radius 1 is 0.968 bits per heavy atom. The molecule has 3 aromatic carbocycles. The summed E-state index contributed by atoms with van der Waals surface area (Å²) in [5.74, 6) is 1.56. The summed E-state index contributed by atoms with van der Waals surface area (Å²) in [5.41, 5.74) is 3.53. The van der Waals surface area contributed by atoms with Crippen LogP contribution in [-0.2, 0) is 13.0 Å². The molecule has 0 unspecified atom stereocenters. The van der Waals surface area contributed by atoms with Crippen LogP contribution in [0.2, 0.25) is 0 Å². The topological polar surface area (TPSA) is 47.6 Å². The number of nitrogens with one attached hydrogen (secondary N) is 1. The molecule has 158 valence electrons. The second-order valence-electron chi connectivity index (χ2n) is 8.22. The minimum Gasteiger partial charge on any atom is -0.489 e. The monoisotopic (exact) mass is 413 g/mol. The molecular weight excluding hydrogens is 386 g/mol. The lowest BCUT2D eigenvalue weighted by molar-refractivity contribution is 0.0954. The van der Waals surface area contributed by atoms with Gasteiger partial charge in [-0.3, -0.25) is 4.79 Å². The zero-order valence-electron chi connectivity index (χ0n) is 17.9. The Kier molecular flexibility index (Phi) is 6.08. The largest absolute Gasteiger partial charge is 0.489 e. The number of carbonyl (C=O) groups excluding carboxylic acids is 1. The molecule has 4 rings (SSSR count). The molecule has 0 saturated carbocycles. The predicted molar refractivity (Wildman–Crippen MR) is 123 cm³/mol. The van der Waals surface area contributed by atoms with Crippen molar-refractivity contribution in [2.24, 2.45) is 0 Å². The molecule has 31 heavy (non-hydrogen) atoms. The van der Waals surface area contributed by atoms with E-state index in [4.69, 9.17) is 9.47 Å². The molecule has 1 aliphatic rings. The third kappa shape index (κ3) is 5.54. The maximum absolute atomic E-state index is 12.5. The molecule has 0 atom stereocenters. The zero-order valence-corrected chi connectivity index (χ0v) is 17.9. The molecule has 0 saturated heterocycles. The third-order valence-electron chi connectivity index (χ3n) is 5.18. The second-order valence-corrected chi connectivity index (χ2v) is 8.22. The van der Waals surface area contributed by atoms with E-state index in [1.165, 1.54) is 0 Å². The van der Waals surface area contributed by atoms with Gasteiger partial charge in [0, 0.05) is 17.7 Å². The highest BCUT2D eigenvalue weighted by atomic mass is 16.5. The van der Waals surface area contributed by atoms with Gasteiger partial charge in [0.15, 0.2) is 0 Å². The molecule has 1 N–H and O–H groups in total. The number of fused-ring (bicyclic) bond motifs is 1. The number of hydrogen-bond donors (Lipinski definition) is 1. The van der Waals surface area contributed by atoms with E-state index in [2.05, 4.69) is 5.32 Å². The first-order chi connectivity index (χ1) is 15.0. The highest BCUT2D eigenvalue weighted by molar-refractivity contribution is 5.95. The molecule has 0 aliphatic carbocycles. The predicted octanol–water partition coefficient (Wildman–Crippen LogP) is 5.42. The van der Waals surface area contributed by atoms with Gasteiger partial charge >= 0.3 is 0 Å². The fourth-order valence-corrected chi connectivity index (χ4v) is 3.44. The zero-order chi connectivity index (χ0) is 21.7. The van der Waals surface area contributed by atoms with Gasteiger partial charge in [-0.1, -0.05) is 48.5 Å². The molecule has 0 bridgehead atoms. The second kappa shape index (κ2) is 9.09. The minimum atomic E-state index is -0.321. The van der Waals surface area contributed by atoms with Gasteiger partial charge in [0.2, 0.25) is 0 Å². The third-order valence-corrected chi connectivity index (χ3v) is 5.18. The van der Waals surface area contributed by atoms with Gasteiger partial charge in [-0.25, -0.2) is 0 Å². The molecule has 1 heterocycles. The van der Waals surface area contributed by atoms with E-state index in [0.717, 1.165) is 34.6 Å². The van der Waals surface area contributed by atoms with Gasteiger partial charge in [-0.05, 0) is 67.8 Å². The van der Waals surface area contributed by atoms with Crippen molar-refractivity contribution in [2.45, 2.75) is 32.5 Å². The Labute approximate surface area is 183 Å². The normalized spacial score (nSPS) is 13.7. The number of carbonyl (C=O) groups is 1. The van der Waals surface area contributed by atoms with Crippen LogP contribution in [0.1, 0.15) is 40.9 Å². The van der Waals surface area contributed by atoms with Gasteiger partial charge in [-0.15, -0.1) is 0 Å². The fourth-order valence-electron chi connectivity index (χ4n) is 3.44. The Morgan fingerprint density at radius 3 is 2.52 bits per heavy atom. The van der Waals surface area contributed by atoms with E-state index in [9.17, 15) is 4.79 Å². The van der Waals surface area contributed by atoms with Crippen LogP contribution in [0.3, 0.4) is 0 Å². The van der Waals surface area contributed by atoms with E-state index < -0.39 is 0 Å². The lowest BCUT2D eigenvalue weighted by Crippen LogP contribution is -2.28. The van der Waals surface area contributed by atoms with Crippen LogP contribution in [-0.4, -0.2) is 18.1 Å². The number of ether oxygens (including phenoxy) is 2. The highest BCUT2D eigenvalue weighted by Crippen LogP contribution is 2.31. The number of benzene rings is 3. The van der Waals surface area contributed by atoms with Crippen molar-refractivity contribution in [2.75, 3.05) is 6.54 Å². The summed E-state index contributed by atoms with van der Waals surface area (Å²) in [6.07, 6.45) is 4.77. The van der Waals surface area contributed by atoms with Crippen LogP contribution in [0.25, 0.3) is 6.08 Å². The van der Waals surface area contributed by atoms with Crippen LogP contribution >= 0.6 is 0 Å². The summed E-state index contributed by atoms with van der Waals surface area (Å²) < 4.78 is 11.7. The van der Waals surface area contributed by atoms with Gasteiger partial charge in [0.1, 0.15) is 23.7 Å². The Morgan fingerprint density at radius 2 is 1.74 bits per heavy atom. The van der Waals surface area contributed by atoms with Crippen LogP contribution < -0.4 is 14.8 Å². The fraction of sp³-hybridized carbons (Fsp3) is 0.222. The summed E-state index contributed by atoms with van der Waals surface area (Å²) in [7, 11) is 0. The maximum Gasteiger partial charge on any atom is 0.251 e. The highest BCUT2D eigenvalue weighted by Gasteiger charge is 2.22. The van der Waals surface area contributed by atoms with E-state index in [1.54, 1.807) is 0 Å². The van der Waals surface area contributed by atoms with Crippen molar-refractivity contribution >= 4 is 12.0 Å². The standard InChI is InChI=1S/C27H27NO3/c1-27(2)16-14-22-18-23(10-13-25(22)31-27)26(29)28-17-15-20-8-11-24(12-9-20)30-19-21-6-4-3-5-7-21/h3-14,16,18H,15,17,19H2,1-2H3,(H,28,29). The molecule has 1 amide bonds. The molecule has 0 spiro atoms. The first-order valence-corrected chi connectivity index (χ1v) is 10.5. The molecule has 4 heteroatoms. The Hall–Kier alpha value is -3.53. The van der Waals surface area contributed by atoms with Crippen LogP contribution in [0, 0.1) is 0 Å². The molecule has 0 fully saturated rings. The Bertz CT molecular complexity index is 1070. The summed E-state index contributed by atoms with van der Waals surface area (Å²) in [6, 6.07) is 23.7. The van der Waals surface area contributed by atoms with Crippen molar-refractivity contribution in [3.63, 3.8) is 0 Å². The number of rotatable bonds is 7. The average Bonchev–Trinajstić information content (AvgIpc) is 2.78. The lowest BCUT2D eigenvalue weighted by atomic mass is 10.0. The summed E-state index contributed by atoms with van der Waals surface area (Å²) >= 11 is 0. The average molecular weight is 414 g/mol. The van der Waals surface area contributed by atoms with Crippen LogP contribution in [0.5, 0.6) is 11.5 Å². The molecule has 0 aromatic heterocycles. The van der Waals surface area contributed by atoms with Gasteiger partial charge in [0.25, 0.3) is 5.91 Å². The molecule has 1 aliphatic heterocycles. The van der Waals surface area contributed by atoms with E-state index >= 15 is 0 Å². The molecule has 4 nitrogen and oxygen atoms in total.